The molecule has 0 heterocycles. The number of esters is 2. The Kier molecular flexibility index (Phi) is 18.3. The average Bonchev–Trinajstić information content (AvgIpc) is 2.69. The first-order valence-electron chi connectivity index (χ1n) is 11.3. The Balaban J connectivity index is 4.18. The summed E-state index contributed by atoms with van der Waals surface area (Å²) in [6, 6.07) is 0. The van der Waals surface area contributed by atoms with Crippen LogP contribution >= 0.6 is 17.9 Å². The Morgan fingerprint density at radius 1 is 0.862 bits per heavy atom. The summed E-state index contributed by atoms with van der Waals surface area (Å²) in [4.78, 5) is 24.7. The van der Waals surface area contributed by atoms with E-state index in [1.54, 1.807) is 17.9 Å². The molecule has 0 aliphatic carbocycles. The van der Waals surface area contributed by atoms with E-state index in [-0.39, 0.29) is 24.1 Å². The second kappa shape index (κ2) is 18.1. The quantitative estimate of drug-likeness (QED) is 0.109. The van der Waals surface area contributed by atoms with Gasteiger partial charge < -0.3 is 0 Å². The van der Waals surface area contributed by atoms with E-state index in [2.05, 4.69) is 27.7 Å². The maximum absolute atomic E-state index is 12.6. The molecule has 4 nitrogen and oxygen atoms in total. The molecule has 2 atom stereocenters. The summed E-state index contributed by atoms with van der Waals surface area (Å²) >= 11 is -0.964. The monoisotopic (exact) mass is 554 g/mol. The van der Waals surface area contributed by atoms with Crippen molar-refractivity contribution in [1.29, 1.82) is 0 Å². The van der Waals surface area contributed by atoms with E-state index in [9.17, 15) is 9.59 Å². The predicted octanol–water partition coefficient (Wildman–Crippen LogP) is 6.57. The van der Waals surface area contributed by atoms with Gasteiger partial charge in [0.1, 0.15) is 0 Å². The molecule has 29 heavy (non-hydrogen) atoms. The van der Waals surface area contributed by atoms with Crippen LogP contribution in [-0.2, 0) is 19.1 Å². The van der Waals surface area contributed by atoms with Crippen LogP contribution < -0.4 is 0 Å². The molecule has 0 bridgehead atoms. The fraction of sp³-hybridized carbons (Fsp3) is 0.909. The third-order valence-electron chi connectivity index (χ3n) is 4.78. The van der Waals surface area contributed by atoms with Crippen LogP contribution in [0.1, 0.15) is 106 Å². The molecule has 0 aliphatic rings. The van der Waals surface area contributed by atoms with Crippen molar-refractivity contribution in [3.8, 4) is 0 Å². The van der Waals surface area contributed by atoms with Gasteiger partial charge in [-0.25, -0.2) is 0 Å². The molecule has 0 saturated heterocycles. The molecule has 2 radical (unpaired) electrons. The fourth-order valence-corrected chi connectivity index (χ4v) is 14.4. The SMILES string of the molecule is CCCCCC(CC)OC(=O)C[S][Sn][S]C(C)(C)C(=O)OC(CC)CCCCC. The van der Waals surface area contributed by atoms with Crippen LogP contribution in [0.3, 0.4) is 0 Å². The molecule has 0 rings (SSSR count). The minimum absolute atomic E-state index is 0.0284. The predicted molar refractivity (Wildman–Crippen MR) is 129 cm³/mol. The van der Waals surface area contributed by atoms with Crippen molar-refractivity contribution in [2.24, 2.45) is 0 Å². The average molecular weight is 553 g/mol. The van der Waals surface area contributed by atoms with E-state index in [1.807, 2.05) is 13.8 Å². The Bertz CT molecular complexity index is 447. The molecule has 0 N–H and O–H groups in total. The summed E-state index contributed by atoms with van der Waals surface area (Å²) in [6.45, 7) is 12.4. The number of carbonyl (C=O) groups is 2. The van der Waals surface area contributed by atoms with Crippen molar-refractivity contribution < 1.29 is 19.1 Å². The molecule has 7 heteroatoms. The third kappa shape index (κ3) is 15.0. The molecular weight excluding hydrogens is 511 g/mol. The second-order valence-electron chi connectivity index (χ2n) is 7.93. The van der Waals surface area contributed by atoms with Crippen LogP contribution in [0.4, 0.5) is 0 Å². The van der Waals surface area contributed by atoms with Crippen LogP contribution in [0.5, 0.6) is 0 Å². The number of unbranched alkanes of at least 4 members (excludes halogenated alkanes) is 4. The molecular formula is C22H42O4S2Sn. The summed E-state index contributed by atoms with van der Waals surface area (Å²) in [5.41, 5.74) is 0. The van der Waals surface area contributed by atoms with Gasteiger partial charge in [0.15, 0.2) is 0 Å². The Hall–Kier alpha value is 0.439. The maximum atomic E-state index is 12.6. The van der Waals surface area contributed by atoms with Gasteiger partial charge in [0.05, 0.1) is 0 Å². The van der Waals surface area contributed by atoms with E-state index < -0.39 is 23.1 Å². The zero-order chi connectivity index (χ0) is 22.1. The van der Waals surface area contributed by atoms with Gasteiger partial charge in [0.2, 0.25) is 0 Å². The summed E-state index contributed by atoms with van der Waals surface area (Å²) in [5, 5.41) is 0. The number of ether oxygens (including phenoxy) is 2. The van der Waals surface area contributed by atoms with Gasteiger partial charge in [-0.3, -0.25) is 0 Å². The topological polar surface area (TPSA) is 52.6 Å². The van der Waals surface area contributed by atoms with Gasteiger partial charge in [-0.05, 0) is 0 Å². The molecule has 2 unspecified atom stereocenters. The first-order chi connectivity index (χ1) is 13.8. The number of hydrogen-bond acceptors (Lipinski definition) is 6. The van der Waals surface area contributed by atoms with Crippen molar-refractivity contribution in [3.63, 3.8) is 0 Å². The second-order valence-corrected chi connectivity index (χ2v) is 18.9. The minimum atomic E-state index is -0.964. The van der Waals surface area contributed by atoms with Crippen molar-refractivity contribution in [2.45, 2.75) is 123 Å². The molecule has 0 amide bonds. The summed E-state index contributed by atoms with van der Waals surface area (Å²) in [5.74, 6) is 0.183. The van der Waals surface area contributed by atoms with Crippen LogP contribution in [0.25, 0.3) is 0 Å². The Labute approximate surface area is 194 Å². The van der Waals surface area contributed by atoms with Crippen molar-refractivity contribution in [1.82, 2.24) is 0 Å². The molecule has 0 aromatic carbocycles. The first kappa shape index (κ1) is 29.4. The zero-order valence-corrected chi connectivity index (χ0v) is 23.9. The van der Waals surface area contributed by atoms with Crippen molar-refractivity contribution in [2.75, 3.05) is 5.75 Å². The Morgan fingerprint density at radius 3 is 1.86 bits per heavy atom. The number of hydrogen-bond donors (Lipinski definition) is 0. The zero-order valence-electron chi connectivity index (χ0n) is 19.4. The van der Waals surface area contributed by atoms with Gasteiger partial charge in [-0.1, -0.05) is 0 Å². The van der Waals surface area contributed by atoms with Crippen LogP contribution in [0.15, 0.2) is 0 Å². The third-order valence-corrected chi connectivity index (χ3v) is 17.4. The van der Waals surface area contributed by atoms with E-state index in [1.165, 1.54) is 25.7 Å². The molecule has 0 aromatic rings. The number of rotatable bonds is 18. The van der Waals surface area contributed by atoms with Crippen molar-refractivity contribution >= 4 is 48.2 Å². The number of carbonyl (C=O) groups excluding carboxylic acids is 2. The molecule has 0 spiro atoms. The van der Waals surface area contributed by atoms with E-state index in [4.69, 9.17) is 9.47 Å². The van der Waals surface area contributed by atoms with Gasteiger partial charge >= 0.3 is 196 Å². The first-order valence-corrected chi connectivity index (χ1v) is 20.0. The van der Waals surface area contributed by atoms with E-state index >= 15 is 0 Å². The molecule has 0 fully saturated rings. The normalized spacial score (nSPS) is 13.7. The standard InChI is InChI=1S/C12H24O2S.C10H20O2S.Sn/c1-5-7-8-9-10(6-2)14-11(13)12(3,4)15;1-3-5-6-7-9(4-2)12-10(11)8-13;/h10,15H,5-9H2,1-4H3;9,13H,3-8H2,1-2H3;/q;;+2/p-2. The molecule has 0 saturated carbocycles. The van der Waals surface area contributed by atoms with Gasteiger partial charge in [0.25, 0.3) is 0 Å². The molecule has 170 valence electrons. The summed E-state index contributed by atoms with van der Waals surface area (Å²) < 4.78 is 10.8. The van der Waals surface area contributed by atoms with Crippen LogP contribution in [0.2, 0.25) is 0 Å². The van der Waals surface area contributed by atoms with Crippen LogP contribution in [0, 0.1) is 0 Å². The summed E-state index contributed by atoms with van der Waals surface area (Å²) in [6.07, 6.45) is 10.7. The van der Waals surface area contributed by atoms with Gasteiger partial charge in [-0.2, -0.15) is 0 Å². The molecule has 0 aromatic heterocycles. The van der Waals surface area contributed by atoms with Gasteiger partial charge in [-0.15, -0.1) is 0 Å². The Morgan fingerprint density at radius 2 is 1.38 bits per heavy atom. The van der Waals surface area contributed by atoms with Crippen molar-refractivity contribution in [3.05, 3.63) is 0 Å². The van der Waals surface area contributed by atoms with Gasteiger partial charge in [0, 0.05) is 0 Å². The van der Waals surface area contributed by atoms with Crippen LogP contribution in [-0.4, -0.2) is 53.0 Å². The summed E-state index contributed by atoms with van der Waals surface area (Å²) in [7, 11) is 3.38. The van der Waals surface area contributed by atoms with E-state index in [0.29, 0.717) is 5.75 Å². The molecule has 0 aliphatic heterocycles. The van der Waals surface area contributed by atoms with E-state index in [0.717, 1.165) is 38.5 Å². The fourth-order valence-electron chi connectivity index (χ4n) is 2.71.